The molecule has 7 nitrogen and oxygen atoms in total. The lowest BCUT2D eigenvalue weighted by Gasteiger charge is -2.17. The summed E-state index contributed by atoms with van der Waals surface area (Å²) in [7, 11) is 0. The fourth-order valence-corrected chi connectivity index (χ4v) is 4.29. The first-order chi connectivity index (χ1) is 17.6. The first-order valence-corrected chi connectivity index (χ1v) is 12.9. The van der Waals surface area contributed by atoms with Crippen LogP contribution in [0, 0.1) is 0 Å². The summed E-state index contributed by atoms with van der Waals surface area (Å²) in [6.45, 7) is 15.2. The van der Waals surface area contributed by atoms with Gasteiger partial charge in [-0.05, 0) is 50.4 Å². The number of likely N-dealkylation sites (N-methyl/N-ethyl adjacent to an activating group) is 2. The van der Waals surface area contributed by atoms with Crippen LogP contribution >= 0.6 is 0 Å². The van der Waals surface area contributed by atoms with E-state index in [1.807, 2.05) is 36.4 Å². The SMILES string of the molecule is CCN(CC)CCOc1cccc2cc(C(=O)c3cc4cccc(OCCN(CC)CC)c4o3)oc12. The van der Waals surface area contributed by atoms with Crippen molar-refractivity contribution in [3.63, 3.8) is 0 Å². The van der Waals surface area contributed by atoms with Crippen LogP contribution in [0.15, 0.2) is 57.4 Å². The Morgan fingerprint density at radius 1 is 0.694 bits per heavy atom. The Morgan fingerprint density at radius 3 is 1.50 bits per heavy atom. The summed E-state index contributed by atoms with van der Waals surface area (Å²) in [5.74, 6) is 1.38. The van der Waals surface area contributed by atoms with E-state index in [0.29, 0.717) is 35.9 Å². The third kappa shape index (κ3) is 5.74. The lowest BCUT2D eigenvalue weighted by molar-refractivity contribution is 0.0987. The van der Waals surface area contributed by atoms with Crippen molar-refractivity contribution in [2.45, 2.75) is 27.7 Å². The molecule has 0 fully saturated rings. The molecule has 0 aliphatic rings. The molecule has 0 aliphatic heterocycles. The molecule has 0 amide bonds. The van der Waals surface area contributed by atoms with Crippen molar-refractivity contribution in [1.29, 1.82) is 0 Å². The average molecular weight is 493 g/mol. The lowest BCUT2D eigenvalue weighted by atomic mass is 10.2. The van der Waals surface area contributed by atoms with Gasteiger partial charge in [-0.2, -0.15) is 0 Å². The summed E-state index contributed by atoms with van der Waals surface area (Å²) in [6, 6.07) is 14.8. The summed E-state index contributed by atoms with van der Waals surface area (Å²) >= 11 is 0. The predicted molar refractivity (Wildman–Crippen MR) is 142 cm³/mol. The number of fused-ring (bicyclic) bond motifs is 2. The van der Waals surface area contributed by atoms with Crippen molar-refractivity contribution in [3.8, 4) is 11.5 Å². The van der Waals surface area contributed by atoms with Gasteiger partial charge in [0.1, 0.15) is 13.2 Å². The van der Waals surface area contributed by atoms with Gasteiger partial charge in [-0.15, -0.1) is 0 Å². The molecule has 0 saturated heterocycles. The number of hydrogen-bond acceptors (Lipinski definition) is 7. The van der Waals surface area contributed by atoms with Crippen LogP contribution in [-0.4, -0.2) is 68.1 Å². The van der Waals surface area contributed by atoms with Crippen LogP contribution in [0.3, 0.4) is 0 Å². The second kappa shape index (κ2) is 12.1. The van der Waals surface area contributed by atoms with Crippen LogP contribution in [-0.2, 0) is 0 Å². The first kappa shape index (κ1) is 25.8. The number of ether oxygens (including phenoxy) is 2. The molecule has 4 aromatic rings. The molecular weight excluding hydrogens is 456 g/mol. The minimum atomic E-state index is -0.314. The van der Waals surface area contributed by atoms with E-state index >= 15 is 0 Å². The van der Waals surface area contributed by atoms with Gasteiger partial charge in [-0.3, -0.25) is 4.79 Å². The molecule has 0 radical (unpaired) electrons. The highest BCUT2D eigenvalue weighted by molar-refractivity contribution is 6.09. The minimum Gasteiger partial charge on any atom is -0.488 e. The molecule has 0 unspecified atom stereocenters. The molecule has 2 aromatic heterocycles. The number of nitrogens with zero attached hydrogens (tertiary/aromatic N) is 2. The van der Waals surface area contributed by atoms with Gasteiger partial charge in [-0.25, -0.2) is 0 Å². The zero-order valence-electron chi connectivity index (χ0n) is 21.7. The molecule has 0 spiro atoms. The smallest absolute Gasteiger partial charge is 0.263 e. The predicted octanol–water partition coefficient (Wildman–Crippen LogP) is 5.85. The summed E-state index contributed by atoms with van der Waals surface area (Å²) < 4.78 is 24.0. The number of rotatable bonds is 14. The number of ketones is 1. The normalized spacial score (nSPS) is 11.7. The van der Waals surface area contributed by atoms with Gasteiger partial charge in [0.25, 0.3) is 5.78 Å². The second-order valence-corrected chi connectivity index (χ2v) is 8.65. The molecule has 0 bridgehead atoms. The summed E-state index contributed by atoms with van der Waals surface area (Å²) in [6.07, 6.45) is 0. The van der Waals surface area contributed by atoms with Gasteiger partial charge in [-0.1, -0.05) is 52.0 Å². The van der Waals surface area contributed by atoms with Crippen molar-refractivity contribution in [2.24, 2.45) is 0 Å². The highest BCUT2D eigenvalue weighted by atomic mass is 16.5. The standard InChI is InChI=1S/C29H36N2O5/c1-5-30(6-2)15-17-33-23-13-9-11-21-19-25(35-28(21)23)27(32)26-20-22-12-10-14-24(29(22)36-26)34-18-16-31(7-3)8-4/h9-14,19-20H,5-8,15-18H2,1-4H3. The highest BCUT2D eigenvalue weighted by Crippen LogP contribution is 2.33. The second-order valence-electron chi connectivity index (χ2n) is 8.65. The number of carbonyl (C=O) groups excluding carboxylic acids is 1. The summed E-state index contributed by atoms with van der Waals surface area (Å²) in [5, 5.41) is 1.63. The van der Waals surface area contributed by atoms with Gasteiger partial charge >= 0.3 is 0 Å². The number of furan rings is 2. The Bertz CT molecular complexity index is 1190. The van der Waals surface area contributed by atoms with Gasteiger partial charge in [0, 0.05) is 23.9 Å². The Labute approximate surface area is 212 Å². The Morgan fingerprint density at radius 2 is 1.11 bits per heavy atom. The van der Waals surface area contributed by atoms with Crippen molar-refractivity contribution in [3.05, 3.63) is 60.1 Å². The average Bonchev–Trinajstić information content (AvgIpc) is 3.54. The van der Waals surface area contributed by atoms with Crippen LogP contribution < -0.4 is 9.47 Å². The number of para-hydroxylation sites is 2. The van der Waals surface area contributed by atoms with E-state index in [2.05, 4.69) is 37.5 Å². The van der Waals surface area contributed by atoms with Crippen molar-refractivity contribution in [2.75, 3.05) is 52.5 Å². The molecule has 36 heavy (non-hydrogen) atoms. The minimum absolute atomic E-state index is 0.216. The van der Waals surface area contributed by atoms with E-state index in [1.165, 1.54) is 0 Å². The Hall–Kier alpha value is -3.29. The Balaban J connectivity index is 1.51. The van der Waals surface area contributed by atoms with Crippen LogP contribution in [0.2, 0.25) is 0 Å². The summed E-state index contributed by atoms with van der Waals surface area (Å²) in [5.41, 5.74) is 1.13. The third-order valence-corrected chi connectivity index (χ3v) is 6.58. The zero-order chi connectivity index (χ0) is 25.5. The molecular formula is C29H36N2O5. The van der Waals surface area contributed by atoms with Gasteiger partial charge in [0.15, 0.2) is 34.2 Å². The van der Waals surface area contributed by atoms with Crippen LogP contribution in [0.5, 0.6) is 11.5 Å². The maximum absolute atomic E-state index is 13.3. The molecule has 0 atom stereocenters. The lowest BCUT2D eigenvalue weighted by Crippen LogP contribution is -2.27. The quantitative estimate of drug-likeness (QED) is 0.205. The summed E-state index contributed by atoms with van der Waals surface area (Å²) in [4.78, 5) is 17.9. The monoisotopic (exact) mass is 492 g/mol. The maximum Gasteiger partial charge on any atom is 0.263 e. The highest BCUT2D eigenvalue weighted by Gasteiger charge is 2.21. The van der Waals surface area contributed by atoms with Gasteiger partial charge < -0.3 is 28.1 Å². The molecule has 0 N–H and O–H groups in total. The van der Waals surface area contributed by atoms with E-state index in [1.54, 1.807) is 12.1 Å². The van der Waals surface area contributed by atoms with E-state index in [4.69, 9.17) is 18.3 Å². The van der Waals surface area contributed by atoms with Crippen LogP contribution in [0.1, 0.15) is 44.0 Å². The Kier molecular flexibility index (Phi) is 8.67. The molecule has 2 heterocycles. The number of hydrogen-bond donors (Lipinski definition) is 0. The van der Waals surface area contributed by atoms with E-state index in [-0.39, 0.29) is 17.3 Å². The fraction of sp³-hybridized carbons (Fsp3) is 0.414. The van der Waals surface area contributed by atoms with E-state index < -0.39 is 0 Å². The van der Waals surface area contributed by atoms with Crippen LogP contribution in [0.4, 0.5) is 0 Å². The fourth-order valence-electron chi connectivity index (χ4n) is 4.29. The van der Waals surface area contributed by atoms with E-state index in [0.717, 1.165) is 50.0 Å². The molecule has 0 aliphatic carbocycles. The molecule has 7 heteroatoms. The van der Waals surface area contributed by atoms with Gasteiger partial charge in [0.2, 0.25) is 0 Å². The van der Waals surface area contributed by atoms with Gasteiger partial charge in [0.05, 0.1) is 0 Å². The zero-order valence-corrected chi connectivity index (χ0v) is 21.7. The third-order valence-electron chi connectivity index (χ3n) is 6.58. The molecule has 192 valence electrons. The number of benzene rings is 2. The molecule has 2 aromatic carbocycles. The first-order valence-electron chi connectivity index (χ1n) is 12.9. The van der Waals surface area contributed by atoms with Crippen molar-refractivity contribution in [1.82, 2.24) is 9.80 Å². The molecule has 4 rings (SSSR count). The maximum atomic E-state index is 13.3. The van der Waals surface area contributed by atoms with Crippen molar-refractivity contribution >= 4 is 27.7 Å². The van der Waals surface area contributed by atoms with Crippen molar-refractivity contribution < 1.29 is 23.1 Å². The number of carbonyl (C=O) groups is 1. The van der Waals surface area contributed by atoms with E-state index in [9.17, 15) is 4.79 Å². The molecule has 0 saturated carbocycles. The largest absolute Gasteiger partial charge is 0.488 e. The topological polar surface area (TPSA) is 68.3 Å². The van der Waals surface area contributed by atoms with Crippen LogP contribution in [0.25, 0.3) is 21.9 Å².